The lowest BCUT2D eigenvalue weighted by Crippen LogP contribution is -2.21. The largest absolute Gasteiger partial charge is 0.496 e. The van der Waals surface area contributed by atoms with Crippen LogP contribution in [0.2, 0.25) is 0 Å². The third-order valence-corrected chi connectivity index (χ3v) is 4.36. The van der Waals surface area contributed by atoms with Gasteiger partial charge in [0.25, 0.3) is 5.91 Å². The molecule has 0 atom stereocenters. The molecule has 2 aromatic rings. The first-order valence-corrected chi connectivity index (χ1v) is 8.30. The van der Waals surface area contributed by atoms with Gasteiger partial charge in [0, 0.05) is 5.69 Å². The lowest BCUT2D eigenvalue weighted by Gasteiger charge is -2.09. The van der Waals surface area contributed by atoms with E-state index in [0.717, 1.165) is 30.5 Å². The van der Waals surface area contributed by atoms with E-state index in [1.54, 1.807) is 25.3 Å². The van der Waals surface area contributed by atoms with Gasteiger partial charge in [-0.3, -0.25) is 4.79 Å². The first kappa shape index (κ1) is 17.0. The molecule has 0 saturated heterocycles. The highest BCUT2D eigenvalue weighted by molar-refractivity contribution is 5.95. The number of aryl methyl sites for hydroxylation is 3. The molecule has 25 heavy (non-hydrogen) atoms. The van der Waals surface area contributed by atoms with Crippen molar-refractivity contribution in [3.8, 4) is 5.75 Å². The van der Waals surface area contributed by atoms with Gasteiger partial charge in [-0.25, -0.2) is 4.79 Å². The van der Waals surface area contributed by atoms with Crippen LogP contribution in [0.25, 0.3) is 0 Å². The highest BCUT2D eigenvalue weighted by Gasteiger charge is 2.14. The van der Waals surface area contributed by atoms with E-state index in [2.05, 4.69) is 5.32 Å². The maximum Gasteiger partial charge on any atom is 0.338 e. The maximum absolute atomic E-state index is 12.1. The van der Waals surface area contributed by atoms with Gasteiger partial charge in [-0.2, -0.15) is 0 Å². The molecule has 5 heteroatoms. The zero-order valence-corrected chi connectivity index (χ0v) is 14.4. The van der Waals surface area contributed by atoms with E-state index in [1.807, 2.05) is 25.1 Å². The Labute approximate surface area is 147 Å². The van der Waals surface area contributed by atoms with Crippen LogP contribution in [-0.4, -0.2) is 25.6 Å². The lowest BCUT2D eigenvalue weighted by molar-refractivity contribution is -0.119. The fourth-order valence-electron chi connectivity index (χ4n) is 3.01. The van der Waals surface area contributed by atoms with Crippen molar-refractivity contribution in [2.75, 3.05) is 19.0 Å². The predicted molar refractivity (Wildman–Crippen MR) is 95.1 cm³/mol. The molecule has 1 amide bonds. The molecule has 0 radical (unpaired) electrons. The molecule has 2 aromatic carbocycles. The van der Waals surface area contributed by atoms with Crippen molar-refractivity contribution in [1.82, 2.24) is 0 Å². The average Bonchev–Trinajstić information content (AvgIpc) is 3.08. The van der Waals surface area contributed by atoms with Gasteiger partial charge in [-0.15, -0.1) is 0 Å². The number of anilines is 1. The van der Waals surface area contributed by atoms with Gasteiger partial charge in [0.2, 0.25) is 0 Å². The number of hydrogen-bond acceptors (Lipinski definition) is 4. The van der Waals surface area contributed by atoms with E-state index in [0.29, 0.717) is 11.3 Å². The van der Waals surface area contributed by atoms with E-state index in [1.165, 1.54) is 11.1 Å². The van der Waals surface area contributed by atoms with E-state index < -0.39 is 5.97 Å². The van der Waals surface area contributed by atoms with E-state index in [4.69, 9.17) is 9.47 Å². The van der Waals surface area contributed by atoms with Crippen LogP contribution < -0.4 is 10.1 Å². The van der Waals surface area contributed by atoms with Gasteiger partial charge >= 0.3 is 5.97 Å². The highest BCUT2D eigenvalue weighted by Crippen LogP contribution is 2.25. The number of nitrogens with one attached hydrogen (secondary N) is 1. The van der Waals surface area contributed by atoms with Gasteiger partial charge in [-0.05, 0) is 67.1 Å². The van der Waals surface area contributed by atoms with Crippen LogP contribution in [0.4, 0.5) is 5.69 Å². The molecule has 5 nitrogen and oxygen atoms in total. The lowest BCUT2D eigenvalue weighted by atomic mass is 10.1. The summed E-state index contributed by atoms with van der Waals surface area (Å²) in [4.78, 5) is 24.1. The van der Waals surface area contributed by atoms with Crippen LogP contribution in [0.1, 0.15) is 33.5 Å². The smallest absolute Gasteiger partial charge is 0.338 e. The van der Waals surface area contributed by atoms with Gasteiger partial charge in [0.1, 0.15) is 5.75 Å². The van der Waals surface area contributed by atoms with Crippen molar-refractivity contribution in [1.29, 1.82) is 0 Å². The minimum Gasteiger partial charge on any atom is -0.496 e. The molecule has 1 aliphatic carbocycles. The maximum atomic E-state index is 12.1. The second kappa shape index (κ2) is 7.38. The van der Waals surface area contributed by atoms with E-state index >= 15 is 0 Å². The molecular weight excluding hydrogens is 318 g/mol. The summed E-state index contributed by atoms with van der Waals surface area (Å²) in [6, 6.07) is 11.0. The number of carbonyl (C=O) groups excluding carboxylic acids is 2. The summed E-state index contributed by atoms with van der Waals surface area (Å²) < 4.78 is 10.3. The summed E-state index contributed by atoms with van der Waals surface area (Å²) in [6.07, 6.45) is 3.30. The Kier molecular flexibility index (Phi) is 5.03. The fourth-order valence-corrected chi connectivity index (χ4v) is 3.01. The number of methoxy groups -OCH3 is 1. The zero-order chi connectivity index (χ0) is 17.8. The Morgan fingerprint density at radius 1 is 1.08 bits per heavy atom. The van der Waals surface area contributed by atoms with Gasteiger partial charge in [-0.1, -0.05) is 12.1 Å². The molecule has 130 valence electrons. The predicted octanol–water partition coefficient (Wildman–Crippen LogP) is 3.29. The number of fused-ring (bicyclic) bond motifs is 1. The van der Waals surface area contributed by atoms with E-state index in [9.17, 15) is 9.59 Å². The Balaban J connectivity index is 1.56. The van der Waals surface area contributed by atoms with Crippen LogP contribution in [-0.2, 0) is 22.4 Å². The van der Waals surface area contributed by atoms with Crippen molar-refractivity contribution in [3.05, 3.63) is 58.7 Å². The number of ether oxygens (including phenoxy) is 2. The third kappa shape index (κ3) is 3.99. The molecule has 0 bridgehead atoms. The minimum absolute atomic E-state index is 0.327. The molecule has 0 spiro atoms. The number of esters is 1. The van der Waals surface area contributed by atoms with Crippen molar-refractivity contribution < 1.29 is 19.1 Å². The molecule has 0 aromatic heterocycles. The molecule has 0 heterocycles. The topological polar surface area (TPSA) is 64.6 Å². The number of carbonyl (C=O) groups is 2. The molecule has 0 fully saturated rings. The summed E-state index contributed by atoms with van der Waals surface area (Å²) in [7, 11) is 1.54. The summed E-state index contributed by atoms with van der Waals surface area (Å²) in [5.74, 6) is -0.301. The first-order chi connectivity index (χ1) is 12.1. The van der Waals surface area contributed by atoms with Crippen molar-refractivity contribution >= 4 is 17.6 Å². The number of hydrogen-bond donors (Lipinski definition) is 1. The van der Waals surface area contributed by atoms with Crippen molar-refractivity contribution in [2.24, 2.45) is 0 Å². The Morgan fingerprint density at radius 2 is 1.88 bits per heavy atom. The third-order valence-electron chi connectivity index (χ3n) is 4.36. The number of benzene rings is 2. The summed E-state index contributed by atoms with van der Waals surface area (Å²) in [6.45, 7) is 1.56. The van der Waals surface area contributed by atoms with Crippen LogP contribution >= 0.6 is 0 Å². The molecule has 0 unspecified atom stereocenters. The van der Waals surface area contributed by atoms with Gasteiger partial charge < -0.3 is 14.8 Å². The number of rotatable bonds is 5. The van der Waals surface area contributed by atoms with Crippen LogP contribution in [0.5, 0.6) is 5.75 Å². The van der Waals surface area contributed by atoms with Crippen molar-refractivity contribution in [3.63, 3.8) is 0 Å². The highest BCUT2D eigenvalue weighted by atomic mass is 16.5. The standard InChI is InChI=1S/C20H21NO4/c1-13-6-7-16(11-18(13)24-2)20(23)25-12-19(22)21-17-9-8-14-4-3-5-15(14)10-17/h6-11H,3-5,12H2,1-2H3,(H,21,22). The number of amides is 1. The molecular formula is C20H21NO4. The molecule has 0 aliphatic heterocycles. The summed E-state index contributed by atoms with van der Waals surface area (Å²) >= 11 is 0. The fraction of sp³-hybridized carbons (Fsp3) is 0.300. The molecule has 0 saturated carbocycles. The van der Waals surface area contributed by atoms with Gasteiger partial charge in [0.15, 0.2) is 6.61 Å². The second-order valence-electron chi connectivity index (χ2n) is 6.15. The summed E-state index contributed by atoms with van der Waals surface area (Å²) in [5, 5.41) is 2.77. The second-order valence-corrected chi connectivity index (χ2v) is 6.15. The van der Waals surface area contributed by atoms with Crippen LogP contribution in [0.15, 0.2) is 36.4 Å². The average molecular weight is 339 g/mol. The van der Waals surface area contributed by atoms with Crippen LogP contribution in [0.3, 0.4) is 0 Å². The normalized spacial score (nSPS) is 12.4. The van der Waals surface area contributed by atoms with Crippen LogP contribution in [0, 0.1) is 6.92 Å². The Morgan fingerprint density at radius 3 is 2.68 bits per heavy atom. The SMILES string of the molecule is COc1cc(C(=O)OCC(=O)Nc2ccc3c(c2)CCC3)ccc1C. The molecule has 3 rings (SSSR count). The molecule has 1 aliphatic rings. The Hall–Kier alpha value is -2.82. The van der Waals surface area contributed by atoms with E-state index in [-0.39, 0.29) is 12.5 Å². The Bertz CT molecular complexity index is 813. The summed E-state index contributed by atoms with van der Waals surface area (Å²) in [5.41, 5.74) is 4.64. The van der Waals surface area contributed by atoms with Gasteiger partial charge in [0.05, 0.1) is 12.7 Å². The quantitative estimate of drug-likeness (QED) is 0.849. The monoisotopic (exact) mass is 339 g/mol. The molecule has 1 N–H and O–H groups in total. The minimum atomic E-state index is -0.553. The first-order valence-electron chi connectivity index (χ1n) is 8.30. The van der Waals surface area contributed by atoms with Crippen molar-refractivity contribution in [2.45, 2.75) is 26.2 Å². The zero-order valence-electron chi connectivity index (χ0n) is 14.4.